The van der Waals surface area contributed by atoms with Gasteiger partial charge in [-0.1, -0.05) is 13.8 Å². The van der Waals surface area contributed by atoms with Crippen LogP contribution < -0.4 is 0 Å². The molecule has 0 aliphatic heterocycles. The fourth-order valence-corrected chi connectivity index (χ4v) is 5.44. The highest BCUT2D eigenvalue weighted by Crippen LogP contribution is 2.45. The molecule has 1 saturated carbocycles. The third kappa shape index (κ3) is 3.29. The van der Waals surface area contributed by atoms with Crippen molar-refractivity contribution in [2.45, 2.75) is 58.3 Å². The van der Waals surface area contributed by atoms with Crippen molar-refractivity contribution in [3.8, 4) is 5.69 Å². The van der Waals surface area contributed by atoms with Crippen LogP contribution in [0.1, 0.15) is 68.2 Å². The molecule has 0 spiro atoms. The van der Waals surface area contributed by atoms with E-state index in [-0.39, 0.29) is 17.7 Å². The van der Waals surface area contributed by atoms with Crippen LogP contribution in [0.25, 0.3) is 27.5 Å². The van der Waals surface area contributed by atoms with Crippen molar-refractivity contribution in [3.63, 3.8) is 0 Å². The lowest BCUT2D eigenvalue weighted by Crippen LogP contribution is -2.21. The molecule has 4 aromatic rings. The fraction of sp³-hybridized carbons (Fsp3) is 0.385. The van der Waals surface area contributed by atoms with Crippen molar-refractivity contribution in [3.05, 3.63) is 59.2 Å². The van der Waals surface area contributed by atoms with Crippen molar-refractivity contribution in [2.24, 2.45) is 5.92 Å². The number of nitrogens with zero attached hydrogens (tertiary/aromatic N) is 2. The summed E-state index contributed by atoms with van der Waals surface area (Å²) in [7, 11) is 0. The van der Waals surface area contributed by atoms with Crippen molar-refractivity contribution in [1.29, 1.82) is 0 Å². The number of aromatic amines is 1. The molecular formula is C26H28FN3O2. The molecule has 0 amide bonds. The summed E-state index contributed by atoms with van der Waals surface area (Å²) >= 11 is 0. The first-order valence-electron chi connectivity index (χ1n) is 11.4. The molecule has 0 saturated heterocycles. The van der Waals surface area contributed by atoms with E-state index in [1.807, 2.05) is 18.3 Å². The molecule has 0 radical (unpaired) electrons. The van der Waals surface area contributed by atoms with Crippen molar-refractivity contribution in [2.75, 3.05) is 0 Å². The molecule has 0 atom stereocenters. The minimum atomic E-state index is -0.684. The SMILES string of the molecule is Cc1cc(-n2c(C(C)C)c([C@H]3CC[C@H](C(=O)O)CC3)c3cc4[nH]ncc4cc32)ccc1F. The van der Waals surface area contributed by atoms with Gasteiger partial charge in [-0.25, -0.2) is 4.39 Å². The van der Waals surface area contributed by atoms with Crippen LogP contribution in [-0.4, -0.2) is 25.8 Å². The number of rotatable bonds is 4. The first-order valence-corrected chi connectivity index (χ1v) is 11.4. The van der Waals surface area contributed by atoms with Crippen LogP contribution >= 0.6 is 0 Å². The number of fused-ring (bicyclic) bond motifs is 2. The molecule has 2 N–H and O–H groups in total. The summed E-state index contributed by atoms with van der Waals surface area (Å²) in [5, 5.41) is 19.0. The molecule has 2 aromatic carbocycles. The lowest BCUT2D eigenvalue weighted by Gasteiger charge is -2.28. The second kappa shape index (κ2) is 7.76. The molecule has 32 heavy (non-hydrogen) atoms. The van der Waals surface area contributed by atoms with Crippen molar-refractivity contribution in [1.82, 2.24) is 14.8 Å². The highest BCUT2D eigenvalue weighted by molar-refractivity contribution is 5.99. The average molecular weight is 434 g/mol. The quantitative estimate of drug-likeness (QED) is 0.389. The normalized spacial score (nSPS) is 19.3. The topological polar surface area (TPSA) is 70.9 Å². The largest absolute Gasteiger partial charge is 0.481 e. The molecule has 6 heteroatoms. The Labute approximate surface area is 186 Å². The number of benzene rings is 2. The minimum absolute atomic E-state index is 0.208. The summed E-state index contributed by atoms with van der Waals surface area (Å²) in [4.78, 5) is 11.5. The van der Waals surface area contributed by atoms with Gasteiger partial charge in [-0.3, -0.25) is 9.89 Å². The third-order valence-electron chi connectivity index (χ3n) is 7.04. The summed E-state index contributed by atoms with van der Waals surface area (Å²) in [5.74, 6) is -0.595. The predicted molar refractivity (Wildman–Crippen MR) is 124 cm³/mol. The zero-order chi connectivity index (χ0) is 22.6. The monoisotopic (exact) mass is 433 g/mol. The second-order valence-electron chi connectivity index (χ2n) is 9.44. The summed E-state index contributed by atoms with van der Waals surface area (Å²) < 4.78 is 16.4. The number of carboxylic acid groups (broad SMARTS) is 1. The number of nitrogens with one attached hydrogen (secondary N) is 1. The standard InChI is InChI=1S/C26H28FN3O2/c1-14(2)25-24(16-4-6-17(7-5-16)26(31)32)20-12-22-18(13-28-29-22)11-23(20)30(25)19-8-9-21(27)15(3)10-19/h8-14,16-17H,4-7H2,1-3H3,(H,28,29)(H,31,32)/t16-,17-. The molecule has 1 aliphatic rings. The van der Waals surface area contributed by atoms with E-state index >= 15 is 0 Å². The van der Waals surface area contributed by atoms with Gasteiger partial charge in [0.25, 0.3) is 0 Å². The fourth-order valence-electron chi connectivity index (χ4n) is 5.44. The number of aryl methyl sites for hydroxylation is 1. The number of hydrogen-bond donors (Lipinski definition) is 2. The van der Waals surface area contributed by atoms with Crippen molar-refractivity contribution >= 4 is 27.8 Å². The lowest BCUT2D eigenvalue weighted by molar-refractivity contribution is -0.142. The summed E-state index contributed by atoms with van der Waals surface area (Å²) in [6.07, 6.45) is 4.95. The Hall–Kier alpha value is -3.15. The Morgan fingerprint density at radius 3 is 2.59 bits per heavy atom. The van der Waals surface area contributed by atoms with E-state index in [4.69, 9.17) is 0 Å². The second-order valence-corrected chi connectivity index (χ2v) is 9.44. The maximum absolute atomic E-state index is 14.1. The summed E-state index contributed by atoms with van der Waals surface area (Å²) in [6.45, 7) is 6.18. The van der Waals surface area contributed by atoms with Crippen LogP contribution in [0, 0.1) is 18.7 Å². The van der Waals surface area contributed by atoms with Crippen LogP contribution in [0.3, 0.4) is 0 Å². The highest BCUT2D eigenvalue weighted by atomic mass is 19.1. The van der Waals surface area contributed by atoms with Crippen LogP contribution in [0.5, 0.6) is 0 Å². The first-order chi connectivity index (χ1) is 15.3. The molecule has 2 heterocycles. The number of aliphatic carboxylic acids is 1. The van der Waals surface area contributed by atoms with E-state index in [0.717, 1.165) is 34.9 Å². The molecule has 5 rings (SSSR count). The number of carboxylic acids is 1. The Morgan fingerprint density at radius 1 is 1.19 bits per heavy atom. The van der Waals surface area contributed by atoms with Gasteiger partial charge in [-0.2, -0.15) is 5.10 Å². The molecule has 0 bridgehead atoms. The van der Waals surface area contributed by atoms with E-state index in [1.54, 1.807) is 6.92 Å². The van der Waals surface area contributed by atoms with E-state index in [9.17, 15) is 14.3 Å². The van der Waals surface area contributed by atoms with E-state index in [2.05, 4.69) is 40.7 Å². The number of carbonyl (C=O) groups is 1. The van der Waals surface area contributed by atoms with Crippen LogP contribution in [-0.2, 0) is 4.79 Å². The lowest BCUT2D eigenvalue weighted by atomic mass is 9.77. The molecule has 2 aromatic heterocycles. The van der Waals surface area contributed by atoms with Gasteiger partial charge in [0.05, 0.1) is 23.1 Å². The molecule has 1 fully saturated rings. The van der Waals surface area contributed by atoms with E-state index in [1.165, 1.54) is 22.7 Å². The van der Waals surface area contributed by atoms with Crippen LogP contribution in [0.2, 0.25) is 0 Å². The van der Waals surface area contributed by atoms with Gasteiger partial charge >= 0.3 is 5.97 Å². The Kier molecular flexibility index (Phi) is 5.03. The van der Waals surface area contributed by atoms with Gasteiger partial charge in [0, 0.05) is 22.2 Å². The van der Waals surface area contributed by atoms with Crippen molar-refractivity contribution < 1.29 is 14.3 Å². The van der Waals surface area contributed by atoms with Gasteiger partial charge in [-0.05, 0) is 85.9 Å². The number of halogens is 1. The third-order valence-corrected chi connectivity index (χ3v) is 7.04. The maximum atomic E-state index is 14.1. The number of H-pyrrole nitrogens is 1. The molecular weight excluding hydrogens is 405 g/mol. The van der Waals surface area contributed by atoms with Gasteiger partial charge in [0.2, 0.25) is 0 Å². The average Bonchev–Trinajstić information content (AvgIpc) is 3.36. The van der Waals surface area contributed by atoms with Gasteiger partial charge in [0.15, 0.2) is 0 Å². The number of hydrogen-bond acceptors (Lipinski definition) is 2. The highest BCUT2D eigenvalue weighted by Gasteiger charge is 2.32. The Balaban J connectivity index is 1.78. The molecule has 5 nitrogen and oxygen atoms in total. The molecule has 1 aliphatic carbocycles. The van der Waals surface area contributed by atoms with E-state index in [0.29, 0.717) is 24.3 Å². The zero-order valence-corrected chi connectivity index (χ0v) is 18.7. The van der Waals surface area contributed by atoms with Gasteiger partial charge in [-0.15, -0.1) is 0 Å². The summed E-state index contributed by atoms with van der Waals surface area (Å²) in [5.41, 5.74) is 6.17. The summed E-state index contributed by atoms with van der Waals surface area (Å²) in [6, 6.07) is 9.62. The van der Waals surface area contributed by atoms with E-state index < -0.39 is 5.97 Å². The predicted octanol–water partition coefficient (Wildman–Crippen LogP) is 6.44. The molecule has 0 unspecified atom stereocenters. The number of aromatic nitrogens is 3. The zero-order valence-electron chi connectivity index (χ0n) is 18.7. The van der Waals surface area contributed by atoms with Crippen LogP contribution in [0.4, 0.5) is 4.39 Å². The minimum Gasteiger partial charge on any atom is -0.481 e. The first kappa shape index (κ1) is 20.7. The molecule has 166 valence electrons. The Morgan fingerprint density at radius 2 is 1.94 bits per heavy atom. The smallest absolute Gasteiger partial charge is 0.306 e. The van der Waals surface area contributed by atoms with Gasteiger partial charge < -0.3 is 9.67 Å². The van der Waals surface area contributed by atoms with Crippen LogP contribution in [0.15, 0.2) is 36.5 Å². The van der Waals surface area contributed by atoms with Gasteiger partial charge in [0.1, 0.15) is 5.82 Å². The maximum Gasteiger partial charge on any atom is 0.306 e. The Bertz CT molecular complexity index is 1330.